The van der Waals surface area contributed by atoms with E-state index in [1.807, 2.05) is 6.07 Å². The van der Waals surface area contributed by atoms with Gasteiger partial charge >= 0.3 is 0 Å². The van der Waals surface area contributed by atoms with Gasteiger partial charge in [0.25, 0.3) is 0 Å². The lowest BCUT2D eigenvalue weighted by Crippen LogP contribution is -2.10. The lowest BCUT2D eigenvalue weighted by Gasteiger charge is -2.18. The molecule has 2 aromatic rings. The predicted molar refractivity (Wildman–Crippen MR) is 92.8 cm³/mol. The molecule has 0 fully saturated rings. The minimum absolute atomic E-state index is 0.161. The molecule has 0 saturated carbocycles. The van der Waals surface area contributed by atoms with Crippen LogP contribution < -0.4 is 5.43 Å². The Morgan fingerprint density at radius 3 is 2.19 bits per heavy atom. The van der Waals surface area contributed by atoms with Crippen LogP contribution in [0.1, 0.15) is 31.9 Å². The van der Waals surface area contributed by atoms with Crippen molar-refractivity contribution >= 4 is 35.1 Å². The van der Waals surface area contributed by atoms with Gasteiger partial charge in [0.15, 0.2) is 0 Å². The summed E-state index contributed by atoms with van der Waals surface area (Å²) in [5.41, 5.74) is 6.23. The third-order valence-electron chi connectivity index (χ3n) is 3.10. The molecule has 0 heterocycles. The number of hydrogen-bond donors (Lipinski definition) is 1. The highest BCUT2D eigenvalue weighted by Gasteiger charge is 2.12. The van der Waals surface area contributed by atoms with E-state index in [-0.39, 0.29) is 5.41 Å². The molecule has 2 nitrogen and oxygen atoms in total. The molecule has 0 unspecified atom stereocenters. The first-order valence-electron chi connectivity index (χ1n) is 6.71. The lowest BCUT2D eigenvalue weighted by atomic mass is 9.87. The number of anilines is 1. The predicted octanol–water partition coefficient (Wildman–Crippen LogP) is 5.74. The number of rotatable bonds is 3. The van der Waals surface area contributed by atoms with E-state index in [0.717, 1.165) is 11.3 Å². The number of hydrazone groups is 1. The summed E-state index contributed by atoms with van der Waals surface area (Å²) in [6.45, 7) is 6.59. The zero-order valence-corrected chi connectivity index (χ0v) is 13.8. The minimum Gasteiger partial charge on any atom is -0.278 e. The van der Waals surface area contributed by atoms with Gasteiger partial charge in [0.05, 0.1) is 21.9 Å². The zero-order chi connectivity index (χ0) is 15.5. The molecule has 0 atom stereocenters. The Morgan fingerprint density at radius 1 is 0.952 bits per heavy atom. The van der Waals surface area contributed by atoms with Gasteiger partial charge in [-0.1, -0.05) is 68.2 Å². The summed E-state index contributed by atoms with van der Waals surface area (Å²) >= 11 is 11.8. The lowest BCUT2D eigenvalue weighted by molar-refractivity contribution is 0.590. The fourth-order valence-electron chi connectivity index (χ4n) is 1.82. The van der Waals surface area contributed by atoms with Crippen molar-refractivity contribution in [2.75, 3.05) is 5.43 Å². The van der Waals surface area contributed by atoms with Crippen molar-refractivity contribution < 1.29 is 0 Å². The standard InChI is InChI=1S/C17H18Cl2N2/c1-17(2,3)13-6-4-12(5-7-13)11-20-21-14-8-9-15(18)16(19)10-14/h4-11,21H,1-3H3/b20-11-. The van der Waals surface area contributed by atoms with Gasteiger partial charge in [0.2, 0.25) is 0 Å². The van der Waals surface area contributed by atoms with Crippen molar-refractivity contribution in [3.63, 3.8) is 0 Å². The first kappa shape index (κ1) is 15.9. The molecule has 4 heteroatoms. The fourth-order valence-corrected chi connectivity index (χ4v) is 2.11. The van der Waals surface area contributed by atoms with Crippen molar-refractivity contribution in [3.05, 3.63) is 63.6 Å². The second kappa shape index (κ2) is 6.50. The molecule has 2 aromatic carbocycles. The molecule has 0 aliphatic rings. The number of benzene rings is 2. The van der Waals surface area contributed by atoms with Crippen LogP contribution in [0.2, 0.25) is 10.0 Å². The zero-order valence-electron chi connectivity index (χ0n) is 12.3. The summed E-state index contributed by atoms with van der Waals surface area (Å²) in [7, 11) is 0. The van der Waals surface area contributed by atoms with E-state index in [1.54, 1.807) is 18.3 Å². The third kappa shape index (κ3) is 4.48. The summed E-state index contributed by atoms with van der Waals surface area (Å²) in [5, 5.41) is 5.24. The largest absolute Gasteiger partial charge is 0.278 e. The molecule has 0 aromatic heterocycles. The molecule has 21 heavy (non-hydrogen) atoms. The summed E-state index contributed by atoms with van der Waals surface area (Å²) in [6, 6.07) is 13.7. The first-order chi connectivity index (χ1) is 9.86. The van der Waals surface area contributed by atoms with Crippen LogP contribution >= 0.6 is 23.2 Å². The van der Waals surface area contributed by atoms with Gasteiger partial charge in [-0.2, -0.15) is 5.10 Å². The SMILES string of the molecule is CC(C)(C)c1ccc(/C=N\Nc2ccc(Cl)c(Cl)c2)cc1. The van der Waals surface area contributed by atoms with Crippen LogP contribution in [0.5, 0.6) is 0 Å². The molecule has 0 aliphatic heterocycles. The van der Waals surface area contributed by atoms with E-state index in [2.05, 4.69) is 55.6 Å². The Bertz CT molecular complexity index is 641. The molecule has 0 spiro atoms. The van der Waals surface area contributed by atoms with Crippen LogP contribution in [-0.4, -0.2) is 6.21 Å². The van der Waals surface area contributed by atoms with Crippen molar-refractivity contribution in [2.24, 2.45) is 5.10 Å². The van der Waals surface area contributed by atoms with E-state index in [0.29, 0.717) is 10.0 Å². The third-order valence-corrected chi connectivity index (χ3v) is 3.84. The Balaban J connectivity index is 2.02. The van der Waals surface area contributed by atoms with Crippen molar-refractivity contribution in [3.8, 4) is 0 Å². The molecule has 0 bridgehead atoms. The van der Waals surface area contributed by atoms with E-state index < -0.39 is 0 Å². The van der Waals surface area contributed by atoms with E-state index in [1.165, 1.54) is 5.56 Å². The highest BCUT2D eigenvalue weighted by atomic mass is 35.5. The number of nitrogens with one attached hydrogen (secondary N) is 1. The molecule has 2 rings (SSSR count). The van der Waals surface area contributed by atoms with Crippen LogP contribution in [0.3, 0.4) is 0 Å². The van der Waals surface area contributed by atoms with Gasteiger partial charge in [-0.25, -0.2) is 0 Å². The maximum atomic E-state index is 5.95. The normalized spacial score (nSPS) is 11.9. The minimum atomic E-state index is 0.161. The van der Waals surface area contributed by atoms with Gasteiger partial charge in [-0.05, 0) is 34.7 Å². The van der Waals surface area contributed by atoms with Gasteiger partial charge in [-0.15, -0.1) is 0 Å². The highest BCUT2D eigenvalue weighted by Crippen LogP contribution is 2.25. The summed E-state index contributed by atoms with van der Waals surface area (Å²) < 4.78 is 0. The molecule has 0 amide bonds. The Labute approximate surface area is 135 Å². The smallest absolute Gasteiger partial charge is 0.0613 e. The molecule has 0 saturated heterocycles. The topological polar surface area (TPSA) is 24.4 Å². The fraction of sp³-hybridized carbons (Fsp3) is 0.235. The van der Waals surface area contributed by atoms with Gasteiger partial charge in [-0.3, -0.25) is 5.43 Å². The Hall–Kier alpha value is -1.51. The first-order valence-corrected chi connectivity index (χ1v) is 7.46. The molecule has 1 N–H and O–H groups in total. The van der Waals surface area contributed by atoms with Gasteiger partial charge in [0.1, 0.15) is 0 Å². The van der Waals surface area contributed by atoms with Gasteiger partial charge < -0.3 is 0 Å². The summed E-state index contributed by atoms with van der Waals surface area (Å²) in [5.74, 6) is 0. The van der Waals surface area contributed by atoms with E-state index in [4.69, 9.17) is 23.2 Å². The van der Waals surface area contributed by atoms with Crippen molar-refractivity contribution in [1.29, 1.82) is 0 Å². The highest BCUT2D eigenvalue weighted by molar-refractivity contribution is 6.42. The second-order valence-electron chi connectivity index (χ2n) is 5.87. The average Bonchev–Trinajstić information content (AvgIpc) is 2.42. The van der Waals surface area contributed by atoms with Crippen LogP contribution in [-0.2, 0) is 5.41 Å². The number of hydrogen-bond acceptors (Lipinski definition) is 2. The summed E-state index contributed by atoms with van der Waals surface area (Å²) in [6.07, 6.45) is 1.77. The molecule has 110 valence electrons. The quantitative estimate of drug-likeness (QED) is 0.566. The molecule has 0 radical (unpaired) electrons. The van der Waals surface area contributed by atoms with Crippen LogP contribution in [0.4, 0.5) is 5.69 Å². The number of nitrogens with zero attached hydrogens (tertiary/aromatic N) is 1. The Morgan fingerprint density at radius 2 is 1.62 bits per heavy atom. The van der Waals surface area contributed by atoms with Crippen LogP contribution in [0, 0.1) is 0 Å². The molecular formula is C17H18Cl2N2. The van der Waals surface area contributed by atoms with Crippen LogP contribution in [0.15, 0.2) is 47.6 Å². The van der Waals surface area contributed by atoms with E-state index in [9.17, 15) is 0 Å². The van der Waals surface area contributed by atoms with E-state index >= 15 is 0 Å². The van der Waals surface area contributed by atoms with Gasteiger partial charge in [0, 0.05) is 0 Å². The maximum Gasteiger partial charge on any atom is 0.0613 e. The van der Waals surface area contributed by atoms with Crippen molar-refractivity contribution in [1.82, 2.24) is 0 Å². The maximum absolute atomic E-state index is 5.95. The number of halogens is 2. The molecule has 0 aliphatic carbocycles. The summed E-state index contributed by atoms with van der Waals surface area (Å²) in [4.78, 5) is 0. The van der Waals surface area contributed by atoms with Crippen LogP contribution in [0.25, 0.3) is 0 Å². The monoisotopic (exact) mass is 320 g/mol. The average molecular weight is 321 g/mol. The van der Waals surface area contributed by atoms with Crippen molar-refractivity contribution in [2.45, 2.75) is 26.2 Å². The second-order valence-corrected chi connectivity index (χ2v) is 6.69. The molecular weight excluding hydrogens is 303 g/mol. The Kier molecular flexibility index (Phi) is 4.92.